The lowest BCUT2D eigenvalue weighted by atomic mass is 10.00. The molecule has 1 aromatic carbocycles. The zero-order chi connectivity index (χ0) is 16.4. The van der Waals surface area contributed by atoms with Gasteiger partial charge in [0.25, 0.3) is 0 Å². The number of nitrogens with two attached hydrogens (primary N) is 1. The van der Waals surface area contributed by atoms with Crippen LogP contribution in [0.5, 0.6) is 0 Å². The van der Waals surface area contributed by atoms with Crippen molar-refractivity contribution in [2.75, 3.05) is 0 Å². The van der Waals surface area contributed by atoms with Crippen LogP contribution in [0.4, 0.5) is 4.39 Å². The van der Waals surface area contributed by atoms with Gasteiger partial charge in [-0.05, 0) is 43.3 Å². The first-order valence-electron chi connectivity index (χ1n) is 6.23. The first-order chi connectivity index (χ1) is 10.3. The molecule has 0 amide bonds. The van der Waals surface area contributed by atoms with Crippen molar-refractivity contribution < 1.29 is 14.3 Å². The molecule has 0 aliphatic rings. The fourth-order valence-corrected chi connectivity index (χ4v) is 2.27. The van der Waals surface area contributed by atoms with Gasteiger partial charge < -0.3 is 10.8 Å². The number of hydrazone groups is 1. The fraction of sp³-hybridized carbons (Fsp3) is 0.143. The van der Waals surface area contributed by atoms with Crippen molar-refractivity contribution in [3.63, 3.8) is 0 Å². The van der Waals surface area contributed by atoms with Gasteiger partial charge in [-0.3, -0.25) is 5.43 Å². The number of pyridine rings is 1. The summed E-state index contributed by atoms with van der Waals surface area (Å²) in [6, 6.07) is 3.46. The molecular formula is C14H13FN4O2S. The lowest BCUT2D eigenvalue weighted by Gasteiger charge is -2.10. The summed E-state index contributed by atoms with van der Waals surface area (Å²) in [4.78, 5) is 15.6. The number of nitrogens with zero attached hydrogens (tertiary/aromatic N) is 2. The van der Waals surface area contributed by atoms with Crippen LogP contribution in [0.3, 0.4) is 0 Å². The molecule has 2 aromatic rings. The van der Waals surface area contributed by atoms with Gasteiger partial charge in [-0.15, -0.1) is 0 Å². The second kappa shape index (κ2) is 6.02. The molecule has 0 aliphatic heterocycles. The maximum absolute atomic E-state index is 14.4. The number of fused-ring (bicyclic) bond motifs is 1. The van der Waals surface area contributed by atoms with Crippen molar-refractivity contribution in [1.29, 1.82) is 0 Å². The number of halogens is 1. The molecule has 8 heteroatoms. The van der Waals surface area contributed by atoms with Crippen LogP contribution in [0.15, 0.2) is 17.2 Å². The Balaban J connectivity index is 2.74. The van der Waals surface area contributed by atoms with E-state index in [4.69, 9.17) is 5.73 Å². The molecule has 114 valence electrons. The molecule has 0 saturated heterocycles. The van der Waals surface area contributed by atoms with E-state index in [1.165, 1.54) is 0 Å². The smallest absolute Gasteiger partial charge is 0.339 e. The first kappa shape index (κ1) is 15.8. The number of carboxylic acids is 1. The maximum atomic E-state index is 14.4. The van der Waals surface area contributed by atoms with E-state index in [9.17, 15) is 14.3 Å². The molecule has 6 nitrogen and oxygen atoms in total. The minimum atomic E-state index is -1.37. The Kier molecular flexibility index (Phi) is 4.32. The molecule has 0 saturated carbocycles. The van der Waals surface area contributed by atoms with Crippen molar-refractivity contribution in [2.45, 2.75) is 13.8 Å². The molecule has 22 heavy (non-hydrogen) atoms. The minimum Gasteiger partial charge on any atom is -0.478 e. The summed E-state index contributed by atoms with van der Waals surface area (Å²) in [6.45, 7) is 3.56. The van der Waals surface area contributed by atoms with Gasteiger partial charge in [-0.25, -0.2) is 14.2 Å². The number of aryl methyl sites for hydroxylation is 2. The average molecular weight is 320 g/mol. The Morgan fingerprint density at radius 3 is 2.77 bits per heavy atom. The summed E-state index contributed by atoms with van der Waals surface area (Å²) in [5.74, 6) is -2.32. The SMILES string of the molecule is Cc1cc(C)c2c(C(=O)O)c(F)c(/C=N\NC(N)=S)nc2c1. The van der Waals surface area contributed by atoms with E-state index in [-0.39, 0.29) is 16.2 Å². The number of thiocarbonyl (C=S) groups is 1. The molecule has 0 bridgehead atoms. The predicted octanol–water partition coefficient (Wildman–Crippen LogP) is 1.86. The number of carboxylic acid groups (broad SMARTS) is 1. The van der Waals surface area contributed by atoms with Gasteiger partial charge in [-0.1, -0.05) is 6.07 Å². The molecule has 0 radical (unpaired) electrons. The Labute approximate surface area is 130 Å². The third-order valence-corrected chi connectivity index (χ3v) is 3.06. The molecule has 1 heterocycles. The number of hydrogen-bond acceptors (Lipinski definition) is 4. The van der Waals surface area contributed by atoms with Crippen molar-refractivity contribution in [3.05, 3.63) is 40.3 Å². The van der Waals surface area contributed by atoms with Crippen LogP contribution >= 0.6 is 12.2 Å². The largest absolute Gasteiger partial charge is 0.478 e. The van der Waals surface area contributed by atoms with Crippen LogP contribution in [0, 0.1) is 19.7 Å². The Hall–Kier alpha value is -2.61. The quantitative estimate of drug-likeness (QED) is 0.453. The van der Waals surface area contributed by atoms with Crippen LogP contribution in [0.2, 0.25) is 0 Å². The van der Waals surface area contributed by atoms with E-state index in [2.05, 4.69) is 27.7 Å². The van der Waals surface area contributed by atoms with Gasteiger partial charge in [0.05, 0.1) is 11.7 Å². The molecule has 2 rings (SSSR count). The lowest BCUT2D eigenvalue weighted by molar-refractivity contribution is 0.0694. The number of benzene rings is 1. The highest BCUT2D eigenvalue weighted by Crippen LogP contribution is 2.26. The van der Waals surface area contributed by atoms with Gasteiger partial charge in [-0.2, -0.15) is 5.10 Å². The van der Waals surface area contributed by atoms with Crippen LogP contribution in [0.25, 0.3) is 10.9 Å². The summed E-state index contributed by atoms with van der Waals surface area (Å²) >= 11 is 4.57. The van der Waals surface area contributed by atoms with Gasteiger partial charge in [0.2, 0.25) is 0 Å². The van der Waals surface area contributed by atoms with Gasteiger partial charge in [0, 0.05) is 5.39 Å². The summed E-state index contributed by atoms with van der Waals surface area (Å²) in [5.41, 5.74) is 8.74. The molecule has 0 aliphatic carbocycles. The number of hydrogen-bond donors (Lipinski definition) is 3. The summed E-state index contributed by atoms with van der Waals surface area (Å²) in [5, 5.41) is 13.1. The number of nitrogens with one attached hydrogen (secondary N) is 1. The zero-order valence-electron chi connectivity index (χ0n) is 11.8. The van der Waals surface area contributed by atoms with E-state index >= 15 is 0 Å². The maximum Gasteiger partial charge on any atom is 0.339 e. The van der Waals surface area contributed by atoms with Crippen molar-refractivity contribution in [1.82, 2.24) is 10.4 Å². The van der Waals surface area contributed by atoms with Gasteiger partial charge in [0.1, 0.15) is 11.3 Å². The molecule has 0 spiro atoms. The monoisotopic (exact) mass is 320 g/mol. The Morgan fingerprint density at radius 1 is 1.50 bits per heavy atom. The van der Waals surface area contributed by atoms with E-state index < -0.39 is 17.3 Å². The highest BCUT2D eigenvalue weighted by molar-refractivity contribution is 7.80. The van der Waals surface area contributed by atoms with Crippen LogP contribution in [-0.4, -0.2) is 27.4 Å². The second-order valence-corrected chi connectivity index (χ2v) is 5.14. The van der Waals surface area contributed by atoms with Crippen molar-refractivity contribution in [3.8, 4) is 0 Å². The van der Waals surface area contributed by atoms with Crippen LogP contribution < -0.4 is 11.2 Å². The van der Waals surface area contributed by atoms with E-state index in [0.717, 1.165) is 11.8 Å². The summed E-state index contributed by atoms with van der Waals surface area (Å²) < 4.78 is 14.4. The second-order valence-electron chi connectivity index (χ2n) is 4.70. The summed E-state index contributed by atoms with van der Waals surface area (Å²) in [6.07, 6.45) is 1.04. The Morgan fingerprint density at radius 2 is 2.18 bits per heavy atom. The lowest BCUT2D eigenvalue weighted by Crippen LogP contribution is -2.24. The number of aromatic nitrogens is 1. The number of carbonyl (C=O) groups is 1. The fourth-order valence-electron chi connectivity index (χ4n) is 2.22. The van der Waals surface area contributed by atoms with Crippen LogP contribution in [0.1, 0.15) is 27.2 Å². The number of rotatable bonds is 3. The standard InChI is InChI=1S/C14H13FN4O2S/c1-6-3-7(2)10-8(4-6)18-9(5-17-19-14(16)22)12(15)11(10)13(20)21/h3-5H,1-2H3,(H,20,21)(H3,16,19,22)/b17-5-. The molecule has 1 aromatic heterocycles. The average Bonchev–Trinajstić information content (AvgIpc) is 2.39. The predicted molar refractivity (Wildman–Crippen MR) is 85.6 cm³/mol. The highest BCUT2D eigenvalue weighted by atomic mass is 32.1. The highest BCUT2D eigenvalue weighted by Gasteiger charge is 2.21. The Bertz CT molecular complexity index is 820. The zero-order valence-corrected chi connectivity index (χ0v) is 12.7. The normalized spacial score (nSPS) is 11.0. The summed E-state index contributed by atoms with van der Waals surface area (Å²) in [7, 11) is 0. The molecular weight excluding hydrogens is 307 g/mol. The molecule has 0 fully saturated rings. The third kappa shape index (κ3) is 3.01. The first-order valence-corrected chi connectivity index (χ1v) is 6.64. The molecule has 4 N–H and O–H groups in total. The van der Waals surface area contributed by atoms with Crippen molar-refractivity contribution in [2.24, 2.45) is 10.8 Å². The number of aromatic carboxylic acids is 1. The van der Waals surface area contributed by atoms with Gasteiger partial charge in [0.15, 0.2) is 10.9 Å². The third-order valence-electron chi connectivity index (χ3n) is 2.97. The van der Waals surface area contributed by atoms with E-state index in [1.807, 2.05) is 6.92 Å². The molecule has 0 atom stereocenters. The topological polar surface area (TPSA) is 101 Å². The van der Waals surface area contributed by atoms with Crippen molar-refractivity contribution >= 4 is 40.4 Å². The van der Waals surface area contributed by atoms with E-state index in [1.54, 1.807) is 19.1 Å². The molecule has 0 unspecified atom stereocenters. The van der Waals surface area contributed by atoms with Gasteiger partial charge >= 0.3 is 5.97 Å². The van der Waals surface area contributed by atoms with Crippen LogP contribution in [-0.2, 0) is 0 Å². The minimum absolute atomic E-state index is 0.0948. The van der Waals surface area contributed by atoms with E-state index in [0.29, 0.717) is 11.1 Å².